The van der Waals surface area contributed by atoms with Gasteiger partial charge in [0.15, 0.2) is 0 Å². The van der Waals surface area contributed by atoms with Gasteiger partial charge in [-0.05, 0) is 38.1 Å². The van der Waals surface area contributed by atoms with Gasteiger partial charge in [0.2, 0.25) is 5.91 Å². The van der Waals surface area contributed by atoms with Crippen LogP contribution in [0.1, 0.15) is 57.4 Å². The number of aliphatic hydroxyl groups is 1. The first-order valence-corrected chi connectivity index (χ1v) is 8.88. The van der Waals surface area contributed by atoms with E-state index in [0.717, 1.165) is 10.6 Å². The van der Waals surface area contributed by atoms with Crippen LogP contribution in [0.25, 0.3) is 0 Å². The summed E-state index contributed by atoms with van der Waals surface area (Å²) in [5, 5.41) is 15.6. The lowest BCUT2D eigenvalue weighted by Crippen LogP contribution is -2.55. The van der Waals surface area contributed by atoms with E-state index in [1.807, 2.05) is 32.2 Å². The van der Waals surface area contributed by atoms with Gasteiger partial charge in [-0.15, -0.1) is 11.3 Å². The number of carbonyl (C=O) groups is 2. The number of ketones is 1. The molecular formula is C17H23NO4S. The standard InChI is InChI=1S/C17H23NO4S/c1-16(2)14(20)12(13-11(22-16)6-9-23-13)18-15(21)17(3)7-4-10(19)5-8-17/h6,9,12,14,20H,4-5,7-8H2,1-3H3,(H,18,21)/t12-,14+/m1/s1. The van der Waals surface area contributed by atoms with Crippen LogP contribution < -0.4 is 10.1 Å². The Kier molecular flexibility index (Phi) is 4.01. The largest absolute Gasteiger partial charge is 0.484 e. The van der Waals surface area contributed by atoms with E-state index in [0.29, 0.717) is 25.7 Å². The third-order valence-corrected chi connectivity index (χ3v) is 6.07. The average molecular weight is 337 g/mol. The highest BCUT2D eigenvalue weighted by Crippen LogP contribution is 2.44. The highest BCUT2D eigenvalue weighted by atomic mass is 32.1. The summed E-state index contributed by atoms with van der Waals surface area (Å²) in [6.07, 6.45) is 1.22. The van der Waals surface area contributed by atoms with Crippen molar-refractivity contribution in [1.82, 2.24) is 5.32 Å². The van der Waals surface area contributed by atoms with Crippen LogP contribution in [0.2, 0.25) is 0 Å². The topological polar surface area (TPSA) is 75.6 Å². The first-order valence-electron chi connectivity index (χ1n) is 8.00. The molecule has 1 aliphatic carbocycles. The summed E-state index contributed by atoms with van der Waals surface area (Å²) >= 11 is 1.47. The molecule has 1 fully saturated rings. The van der Waals surface area contributed by atoms with Gasteiger partial charge in [-0.3, -0.25) is 9.59 Å². The minimum atomic E-state index is -0.827. The highest BCUT2D eigenvalue weighted by Gasteiger charge is 2.46. The number of ether oxygens (including phenoxy) is 1. The van der Waals surface area contributed by atoms with Gasteiger partial charge in [0.05, 0.1) is 10.9 Å². The van der Waals surface area contributed by atoms with Gasteiger partial charge < -0.3 is 15.2 Å². The number of rotatable bonds is 2. The first-order chi connectivity index (χ1) is 10.7. The third-order valence-electron chi connectivity index (χ3n) is 5.09. The normalized spacial score (nSPS) is 28.6. The zero-order valence-electron chi connectivity index (χ0n) is 13.7. The summed E-state index contributed by atoms with van der Waals surface area (Å²) < 4.78 is 5.83. The van der Waals surface area contributed by atoms with Gasteiger partial charge in [-0.2, -0.15) is 0 Å². The fourth-order valence-corrected chi connectivity index (χ4v) is 4.17. The van der Waals surface area contributed by atoms with Crippen LogP contribution >= 0.6 is 11.3 Å². The lowest BCUT2D eigenvalue weighted by Gasteiger charge is -2.42. The predicted octanol–water partition coefficient (Wildman–Crippen LogP) is 2.59. The maximum Gasteiger partial charge on any atom is 0.226 e. The van der Waals surface area contributed by atoms with Crippen LogP contribution in [-0.2, 0) is 9.59 Å². The Morgan fingerprint density at radius 1 is 1.35 bits per heavy atom. The van der Waals surface area contributed by atoms with Crippen molar-refractivity contribution < 1.29 is 19.4 Å². The Balaban J connectivity index is 1.82. The molecule has 126 valence electrons. The lowest BCUT2D eigenvalue weighted by atomic mass is 9.74. The number of amides is 1. The minimum absolute atomic E-state index is 0.0916. The van der Waals surface area contributed by atoms with Gasteiger partial charge in [0.1, 0.15) is 23.2 Å². The van der Waals surface area contributed by atoms with Crippen molar-refractivity contribution in [2.45, 2.75) is 64.2 Å². The van der Waals surface area contributed by atoms with Gasteiger partial charge in [0.25, 0.3) is 0 Å². The third kappa shape index (κ3) is 2.90. The van der Waals surface area contributed by atoms with Crippen LogP contribution in [0.4, 0.5) is 0 Å². The van der Waals surface area contributed by atoms with Crippen molar-refractivity contribution in [2.24, 2.45) is 5.41 Å². The zero-order valence-corrected chi connectivity index (χ0v) is 14.5. The summed E-state index contributed by atoms with van der Waals surface area (Å²) in [6.45, 7) is 5.54. The molecule has 6 heteroatoms. The van der Waals surface area contributed by atoms with Crippen molar-refractivity contribution in [3.8, 4) is 5.75 Å². The summed E-state index contributed by atoms with van der Waals surface area (Å²) in [5.74, 6) is 0.855. The molecule has 2 aliphatic rings. The fraction of sp³-hybridized carbons (Fsp3) is 0.647. The molecule has 5 nitrogen and oxygen atoms in total. The molecule has 0 spiro atoms. The Labute approximate surface area is 140 Å². The van der Waals surface area contributed by atoms with Crippen molar-refractivity contribution >= 4 is 23.0 Å². The van der Waals surface area contributed by atoms with Crippen molar-refractivity contribution in [3.63, 3.8) is 0 Å². The molecule has 2 N–H and O–H groups in total. The molecule has 0 unspecified atom stereocenters. The monoisotopic (exact) mass is 337 g/mol. The highest BCUT2D eigenvalue weighted by molar-refractivity contribution is 7.10. The van der Waals surface area contributed by atoms with E-state index >= 15 is 0 Å². The number of thiophene rings is 1. The second-order valence-electron chi connectivity index (χ2n) is 7.35. The van der Waals surface area contributed by atoms with Crippen LogP contribution in [-0.4, -0.2) is 28.5 Å². The molecule has 0 saturated heterocycles. The van der Waals surface area contributed by atoms with E-state index in [2.05, 4.69) is 5.32 Å². The molecule has 3 rings (SSSR count). The number of fused-ring (bicyclic) bond motifs is 1. The summed E-state index contributed by atoms with van der Waals surface area (Å²) in [5.41, 5.74) is -1.32. The SMILES string of the molecule is CC1(C(=O)N[C@@H]2c3sccc3OC(C)(C)[C@H]2O)CCC(=O)CC1. The van der Waals surface area contributed by atoms with Crippen molar-refractivity contribution in [3.05, 3.63) is 16.3 Å². The second kappa shape index (κ2) is 5.60. The molecule has 2 heterocycles. The number of hydrogen-bond donors (Lipinski definition) is 2. The molecule has 1 aromatic rings. The summed E-state index contributed by atoms with van der Waals surface area (Å²) in [4.78, 5) is 25.1. The number of carbonyl (C=O) groups excluding carboxylic acids is 2. The van der Waals surface area contributed by atoms with Gasteiger partial charge in [-0.1, -0.05) is 6.92 Å². The first kappa shape index (κ1) is 16.5. The molecule has 1 aromatic heterocycles. The van der Waals surface area contributed by atoms with Gasteiger partial charge in [-0.25, -0.2) is 0 Å². The molecular weight excluding hydrogens is 314 g/mol. The Morgan fingerprint density at radius 3 is 2.65 bits per heavy atom. The molecule has 1 saturated carbocycles. The Bertz CT molecular complexity index is 626. The van der Waals surface area contributed by atoms with E-state index in [1.165, 1.54) is 11.3 Å². The minimum Gasteiger partial charge on any atom is -0.484 e. The summed E-state index contributed by atoms with van der Waals surface area (Å²) in [6, 6.07) is 1.39. The average Bonchev–Trinajstić information content (AvgIpc) is 2.94. The summed E-state index contributed by atoms with van der Waals surface area (Å²) in [7, 11) is 0. The maximum atomic E-state index is 12.8. The Morgan fingerprint density at radius 2 is 2.00 bits per heavy atom. The second-order valence-corrected chi connectivity index (χ2v) is 8.30. The molecule has 0 bridgehead atoms. The van der Waals surface area contributed by atoms with Crippen LogP contribution in [0, 0.1) is 5.41 Å². The molecule has 1 amide bonds. The molecule has 0 radical (unpaired) electrons. The van der Waals surface area contributed by atoms with Crippen LogP contribution in [0.3, 0.4) is 0 Å². The molecule has 2 atom stereocenters. The quantitative estimate of drug-likeness (QED) is 0.870. The smallest absolute Gasteiger partial charge is 0.226 e. The number of aliphatic hydroxyl groups excluding tert-OH is 1. The lowest BCUT2D eigenvalue weighted by molar-refractivity contribution is -0.138. The van der Waals surface area contributed by atoms with Gasteiger partial charge >= 0.3 is 0 Å². The van der Waals surface area contributed by atoms with E-state index in [9.17, 15) is 14.7 Å². The number of hydrogen-bond acceptors (Lipinski definition) is 5. The van der Waals surface area contributed by atoms with Crippen molar-refractivity contribution in [1.29, 1.82) is 0 Å². The number of nitrogens with one attached hydrogen (secondary N) is 1. The zero-order chi connectivity index (χ0) is 16.8. The maximum absolute atomic E-state index is 12.8. The van der Waals surface area contributed by atoms with E-state index in [1.54, 1.807) is 0 Å². The van der Waals surface area contributed by atoms with Crippen LogP contribution in [0.5, 0.6) is 5.75 Å². The van der Waals surface area contributed by atoms with E-state index in [-0.39, 0.29) is 11.7 Å². The van der Waals surface area contributed by atoms with Crippen LogP contribution in [0.15, 0.2) is 11.4 Å². The molecule has 0 aromatic carbocycles. The fourth-order valence-electron chi connectivity index (χ4n) is 3.28. The molecule has 23 heavy (non-hydrogen) atoms. The van der Waals surface area contributed by atoms with Gasteiger partial charge in [0, 0.05) is 18.3 Å². The van der Waals surface area contributed by atoms with Crippen molar-refractivity contribution in [2.75, 3.05) is 0 Å². The Hall–Kier alpha value is -1.40. The van der Waals surface area contributed by atoms with E-state index in [4.69, 9.17) is 4.74 Å². The number of Topliss-reactive ketones (excluding diaryl/α,β-unsaturated/α-hetero) is 1. The molecule has 1 aliphatic heterocycles. The predicted molar refractivity (Wildman–Crippen MR) is 87.5 cm³/mol. The van der Waals surface area contributed by atoms with E-state index < -0.39 is 23.2 Å².